The van der Waals surface area contributed by atoms with Crippen molar-refractivity contribution in [2.75, 3.05) is 49.5 Å². The Kier molecular flexibility index (Phi) is 6.39. The number of benzene rings is 1. The zero-order chi connectivity index (χ0) is 21.1. The van der Waals surface area contributed by atoms with E-state index < -0.39 is 6.04 Å². The van der Waals surface area contributed by atoms with E-state index in [2.05, 4.69) is 34.2 Å². The summed E-state index contributed by atoms with van der Waals surface area (Å²) in [6.45, 7) is 10.2. The van der Waals surface area contributed by atoms with E-state index in [1.165, 1.54) is 17.0 Å². The van der Waals surface area contributed by atoms with Gasteiger partial charge in [-0.25, -0.2) is 0 Å². The predicted molar refractivity (Wildman–Crippen MR) is 123 cm³/mol. The summed E-state index contributed by atoms with van der Waals surface area (Å²) in [5.41, 5.74) is 3.08. The quantitative estimate of drug-likeness (QED) is 0.796. The number of hydrogen-bond acceptors (Lipinski definition) is 5. The van der Waals surface area contributed by atoms with E-state index in [9.17, 15) is 9.59 Å². The molecule has 1 unspecified atom stereocenters. The molecule has 0 radical (unpaired) electrons. The number of anilines is 2. The minimum atomic E-state index is -0.402. The molecule has 2 amide bonds. The van der Waals surface area contributed by atoms with Crippen LogP contribution in [0.15, 0.2) is 35.7 Å². The molecule has 4 rings (SSSR count). The Morgan fingerprint density at radius 2 is 1.93 bits per heavy atom. The van der Waals surface area contributed by atoms with E-state index in [1.54, 1.807) is 4.90 Å². The molecule has 0 aliphatic carbocycles. The highest BCUT2D eigenvalue weighted by atomic mass is 32.1. The number of rotatable bonds is 5. The summed E-state index contributed by atoms with van der Waals surface area (Å²) in [5, 5.41) is 4.97. The first-order valence-electron chi connectivity index (χ1n) is 10.8. The summed E-state index contributed by atoms with van der Waals surface area (Å²) in [7, 11) is 0. The molecule has 160 valence electrons. The van der Waals surface area contributed by atoms with Crippen LogP contribution in [0.2, 0.25) is 0 Å². The third kappa shape index (κ3) is 4.37. The summed E-state index contributed by atoms with van der Waals surface area (Å²) in [6, 6.07) is 9.53. The third-order valence-electron chi connectivity index (χ3n) is 6.20. The van der Waals surface area contributed by atoms with Crippen molar-refractivity contribution in [1.82, 2.24) is 9.80 Å². The molecule has 1 aromatic carbocycles. The predicted octanol–water partition coefficient (Wildman–Crippen LogP) is 3.44. The molecule has 1 N–H and O–H groups in total. The van der Waals surface area contributed by atoms with Crippen LogP contribution < -0.4 is 10.2 Å². The smallest absolute Gasteiger partial charge is 0.264 e. The fraction of sp³-hybridized carbons (Fsp3) is 0.478. The van der Waals surface area contributed by atoms with E-state index in [4.69, 9.17) is 0 Å². The Balaban J connectivity index is 1.41. The maximum atomic E-state index is 13.0. The number of likely N-dealkylation sites (N-methyl/N-ethyl adjacent to an activating group) is 1. The fourth-order valence-corrected chi connectivity index (χ4v) is 5.03. The van der Waals surface area contributed by atoms with Crippen LogP contribution in [-0.2, 0) is 4.79 Å². The summed E-state index contributed by atoms with van der Waals surface area (Å²) >= 11 is 1.42. The molecule has 1 aromatic heterocycles. The second kappa shape index (κ2) is 9.18. The van der Waals surface area contributed by atoms with Gasteiger partial charge in [-0.15, -0.1) is 11.3 Å². The Hall–Kier alpha value is -2.38. The van der Waals surface area contributed by atoms with Crippen molar-refractivity contribution in [2.24, 2.45) is 0 Å². The first kappa shape index (κ1) is 20.9. The van der Waals surface area contributed by atoms with Crippen LogP contribution in [0.4, 0.5) is 11.4 Å². The minimum Gasteiger partial charge on any atom is -0.369 e. The molecular formula is C23H30N4O2S. The van der Waals surface area contributed by atoms with Crippen LogP contribution in [0.1, 0.15) is 35.0 Å². The normalized spacial score (nSPS) is 19.9. The number of piperazine rings is 1. The molecule has 2 aliphatic heterocycles. The summed E-state index contributed by atoms with van der Waals surface area (Å²) in [4.78, 5) is 33.0. The van der Waals surface area contributed by atoms with Gasteiger partial charge in [0.1, 0.15) is 6.04 Å². The van der Waals surface area contributed by atoms with Gasteiger partial charge in [-0.05, 0) is 61.5 Å². The second-order valence-corrected chi connectivity index (χ2v) is 8.99. The summed E-state index contributed by atoms with van der Waals surface area (Å²) in [6.07, 6.45) is 1.57. The van der Waals surface area contributed by atoms with E-state index in [1.807, 2.05) is 30.5 Å². The Bertz CT molecular complexity index is 891. The van der Waals surface area contributed by atoms with E-state index >= 15 is 0 Å². The first-order valence-corrected chi connectivity index (χ1v) is 11.7. The van der Waals surface area contributed by atoms with Gasteiger partial charge in [0.05, 0.1) is 4.88 Å². The molecule has 0 bridgehead atoms. The van der Waals surface area contributed by atoms with Gasteiger partial charge >= 0.3 is 0 Å². The summed E-state index contributed by atoms with van der Waals surface area (Å²) in [5.74, 6) is -0.134. The van der Waals surface area contributed by atoms with Gasteiger partial charge in [-0.1, -0.05) is 13.0 Å². The Morgan fingerprint density at radius 1 is 1.13 bits per heavy atom. The maximum Gasteiger partial charge on any atom is 0.264 e. The lowest BCUT2D eigenvalue weighted by Crippen LogP contribution is -2.46. The Labute approximate surface area is 182 Å². The molecule has 2 fully saturated rings. The van der Waals surface area contributed by atoms with E-state index in [0.29, 0.717) is 17.8 Å². The van der Waals surface area contributed by atoms with Crippen molar-refractivity contribution >= 4 is 34.5 Å². The molecule has 7 heteroatoms. The van der Waals surface area contributed by atoms with E-state index in [-0.39, 0.29) is 11.8 Å². The van der Waals surface area contributed by atoms with Crippen LogP contribution in [0.25, 0.3) is 0 Å². The number of carbonyl (C=O) groups excluding carboxylic acids is 2. The minimum absolute atomic E-state index is 0.0408. The monoisotopic (exact) mass is 426 g/mol. The second-order valence-electron chi connectivity index (χ2n) is 8.04. The topological polar surface area (TPSA) is 55.9 Å². The van der Waals surface area contributed by atoms with Crippen molar-refractivity contribution in [3.63, 3.8) is 0 Å². The molecule has 0 saturated carbocycles. The molecule has 3 heterocycles. The van der Waals surface area contributed by atoms with Gasteiger partial charge in [0.2, 0.25) is 5.91 Å². The van der Waals surface area contributed by atoms with Gasteiger partial charge in [0.15, 0.2) is 0 Å². The van der Waals surface area contributed by atoms with Crippen molar-refractivity contribution < 1.29 is 9.59 Å². The number of likely N-dealkylation sites (tertiary alicyclic amines) is 1. The van der Waals surface area contributed by atoms with Crippen molar-refractivity contribution in [1.29, 1.82) is 0 Å². The van der Waals surface area contributed by atoms with Crippen molar-refractivity contribution in [3.05, 3.63) is 46.2 Å². The van der Waals surface area contributed by atoms with Gasteiger partial charge in [-0.3, -0.25) is 9.59 Å². The molecule has 2 aromatic rings. The molecule has 30 heavy (non-hydrogen) atoms. The highest BCUT2D eigenvalue weighted by molar-refractivity contribution is 7.12. The zero-order valence-corrected chi connectivity index (χ0v) is 18.6. The van der Waals surface area contributed by atoms with Crippen molar-refractivity contribution in [2.45, 2.75) is 32.7 Å². The standard InChI is InChI=1S/C23H30N4O2S/c1-3-25-11-13-26(14-12-25)18-8-9-19(17(2)16-18)24-22(28)20-6-4-10-27(20)23(29)21-7-5-15-30-21/h5,7-9,15-16,20H,3-4,6,10-14H2,1-2H3,(H,24,28). The molecule has 2 aliphatic rings. The first-order chi connectivity index (χ1) is 14.6. The van der Waals surface area contributed by atoms with Gasteiger partial charge < -0.3 is 20.0 Å². The highest BCUT2D eigenvalue weighted by Gasteiger charge is 2.35. The number of thiophene rings is 1. The lowest BCUT2D eigenvalue weighted by molar-refractivity contribution is -0.119. The zero-order valence-electron chi connectivity index (χ0n) is 17.8. The van der Waals surface area contributed by atoms with Crippen LogP contribution in [0.5, 0.6) is 0 Å². The van der Waals surface area contributed by atoms with Crippen LogP contribution in [0.3, 0.4) is 0 Å². The van der Waals surface area contributed by atoms with Gasteiger partial charge in [0, 0.05) is 44.1 Å². The Morgan fingerprint density at radius 3 is 2.60 bits per heavy atom. The number of hydrogen-bond donors (Lipinski definition) is 1. The largest absolute Gasteiger partial charge is 0.369 e. The van der Waals surface area contributed by atoms with Crippen molar-refractivity contribution in [3.8, 4) is 0 Å². The van der Waals surface area contributed by atoms with E-state index in [0.717, 1.165) is 50.4 Å². The average molecular weight is 427 g/mol. The fourth-order valence-electron chi connectivity index (χ4n) is 4.35. The molecule has 0 spiro atoms. The molecule has 2 saturated heterocycles. The number of nitrogens with one attached hydrogen (secondary N) is 1. The number of amides is 2. The molecule has 1 atom stereocenters. The number of nitrogens with zero attached hydrogens (tertiary/aromatic N) is 3. The lowest BCUT2D eigenvalue weighted by atomic mass is 10.1. The highest BCUT2D eigenvalue weighted by Crippen LogP contribution is 2.26. The third-order valence-corrected chi connectivity index (χ3v) is 7.06. The van der Waals surface area contributed by atoms with Crippen LogP contribution in [0, 0.1) is 6.92 Å². The average Bonchev–Trinajstić information content (AvgIpc) is 3.47. The maximum absolute atomic E-state index is 13.0. The van der Waals surface area contributed by atoms with Crippen LogP contribution in [-0.4, -0.2) is 66.9 Å². The molecular weight excluding hydrogens is 396 g/mol. The van der Waals surface area contributed by atoms with Crippen LogP contribution >= 0.6 is 11.3 Å². The number of aryl methyl sites for hydroxylation is 1. The number of carbonyl (C=O) groups is 2. The summed E-state index contributed by atoms with van der Waals surface area (Å²) < 4.78 is 0. The SMILES string of the molecule is CCN1CCN(c2ccc(NC(=O)C3CCCN3C(=O)c3cccs3)c(C)c2)CC1. The molecule has 6 nitrogen and oxygen atoms in total. The van der Waals surface area contributed by atoms with Gasteiger partial charge in [-0.2, -0.15) is 0 Å². The lowest BCUT2D eigenvalue weighted by Gasteiger charge is -2.35. The van der Waals surface area contributed by atoms with Gasteiger partial charge in [0.25, 0.3) is 5.91 Å².